The largest absolute Gasteiger partial charge is 0.494 e. The Balaban J connectivity index is 1.96. The predicted molar refractivity (Wildman–Crippen MR) is 89.5 cm³/mol. The van der Waals surface area contributed by atoms with Gasteiger partial charge in [-0.1, -0.05) is 0 Å². The summed E-state index contributed by atoms with van der Waals surface area (Å²) in [5.41, 5.74) is 2.84. The van der Waals surface area contributed by atoms with Crippen molar-refractivity contribution in [2.75, 3.05) is 23.5 Å². The van der Waals surface area contributed by atoms with Gasteiger partial charge in [-0.2, -0.15) is 10.4 Å². The molecule has 1 aliphatic heterocycles. The Kier molecular flexibility index (Phi) is 5.76. The van der Waals surface area contributed by atoms with Gasteiger partial charge < -0.3 is 10.1 Å². The molecule has 9 heteroatoms. The molecule has 0 radical (unpaired) electrons. The van der Waals surface area contributed by atoms with Gasteiger partial charge in [0.1, 0.15) is 11.8 Å². The fourth-order valence-corrected chi connectivity index (χ4v) is 3.88. The number of nitrogens with one attached hydrogen (secondary N) is 2. The number of rotatable bonds is 6. The Morgan fingerprint density at radius 2 is 2.12 bits per heavy atom. The van der Waals surface area contributed by atoms with Crippen LogP contribution in [-0.4, -0.2) is 44.2 Å². The summed E-state index contributed by atoms with van der Waals surface area (Å²) in [6.45, 7) is 2.43. The zero-order valence-corrected chi connectivity index (χ0v) is 14.0. The van der Waals surface area contributed by atoms with Crippen LogP contribution in [0.4, 0.5) is 5.69 Å². The van der Waals surface area contributed by atoms with Crippen LogP contribution in [0.1, 0.15) is 13.3 Å². The molecule has 1 amide bonds. The average Bonchev–Trinajstić information content (AvgIpc) is 2.88. The number of anilines is 1. The van der Waals surface area contributed by atoms with E-state index in [1.165, 1.54) is 0 Å². The van der Waals surface area contributed by atoms with Crippen molar-refractivity contribution in [3.8, 4) is 11.8 Å². The molecule has 1 heterocycles. The highest BCUT2D eigenvalue weighted by atomic mass is 32.2. The van der Waals surface area contributed by atoms with Gasteiger partial charge in [-0.25, -0.2) is 8.42 Å². The van der Waals surface area contributed by atoms with Crippen LogP contribution in [0.2, 0.25) is 0 Å². The van der Waals surface area contributed by atoms with E-state index in [9.17, 15) is 13.2 Å². The molecule has 128 valence electrons. The smallest absolute Gasteiger partial charge is 0.282 e. The van der Waals surface area contributed by atoms with Gasteiger partial charge in [0.05, 0.1) is 23.8 Å². The standard InChI is InChI=1S/C15H18N4O4S/c1-2-23-13-5-3-11(4-6-13)18-19-14(9-16)15(20)17-12-7-8-24(21,22)10-12/h3-6,12,18H,2,7-8,10H2,1H3,(H,17,20). The first kappa shape index (κ1) is 17.7. The molecule has 1 saturated heterocycles. The summed E-state index contributed by atoms with van der Waals surface area (Å²) in [6.07, 6.45) is 0.346. The number of hydrazone groups is 1. The number of benzene rings is 1. The highest BCUT2D eigenvalue weighted by Gasteiger charge is 2.29. The molecule has 1 aromatic rings. The van der Waals surface area contributed by atoms with Crippen molar-refractivity contribution in [2.45, 2.75) is 19.4 Å². The molecule has 0 bridgehead atoms. The van der Waals surface area contributed by atoms with E-state index in [-0.39, 0.29) is 17.2 Å². The first-order valence-corrected chi connectivity index (χ1v) is 9.23. The van der Waals surface area contributed by atoms with E-state index in [2.05, 4.69) is 15.8 Å². The van der Waals surface area contributed by atoms with Crippen molar-refractivity contribution >= 4 is 27.1 Å². The van der Waals surface area contributed by atoms with Crippen molar-refractivity contribution in [1.82, 2.24) is 5.32 Å². The highest BCUT2D eigenvalue weighted by molar-refractivity contribution is 7.91. The van der Waals surface area contributed by atoms with E-state index < -0.39 is 21.8 Å². The fraction of sp³-hybridized carbons (Fsp3) is 0.400. The molecule has 0 spiro atoms. The van der Waals surface area contributed by atoms with Crippen LogP contribution >= 0.6 is 0 Å². The fourth-order valence-electron chi connectivity index (χ4n) is 2.20. The van der Waals surface area contributed by atoms with Gasteiger partial charge in [-0.05, 0) is 37.6 Å². The molecule has 24 heavy (non-hydrogen) atoms. The maximum absolute atomic E-state index is 12.0. The van der Waals surface area contributed by atoms with Gasteiger partial charge in [0.25, 0.3) is 5.91 Å². The van der Waals surface area contributed by atoms with Gasteiger partial charge in [0.2, 0.25) is 5.71 Å². The summed E-state index contributed by atoms with van der Waals surface area (Å²) in [5.74, 6) is -0.0590. The van der Waals surface area contributed by atoms with E-state index in [1.54, 1.807) is 30.3 Å². The number of hydrogen-bond acceptors (Lipinski definition) is 7. The molecule has 1 atom stereocenters. The zero-order chi connectivity index (χ0) is 17.6. The summed E-state index contributed by atoms with van der Waals surface area (Å²) in [4.78, 5) is 12.0. The topological polar surface area (TPSA) is 121 Å². The van der Waals surface area contributed by atoms with E-state index in [1.807, 2.05) is 6.92 Å². The minimum absolute atomic E-state index is 0.0431. The van der Waals surface area contributed by atoms with Crippen LogP contribution < -0.4 is 15.5 Å². The van der Waals surface area contributed by atoms with E-state index in [4.69, 9.17) is 10.00 Å². The van der Waals surface area contributed by atoms with Crippen LogP contribution in [0.5, 0.6) is 5.75 Å². The molecule has 1 unspecified atom stereocenters. The Labute approximate surface area is 140 Å². The number of nitrogens with zero attached hydrogens (tertiary/aromatic N) is 2. The summed E-state index contributed by atoms with van der Waals surface area (Å²) < 4.78 is 28.1. The SMILES string of the molecule is CCOc1ccc(NN=C(C#N)C(=O)NC2CCS(=O)(=O)C2)cc1. The number of amides is 1. The lowest BCUT2D eigenvalue weighted by atomic mass is 10.2. The Morgan fingerprint density at radius 3 is 2.67 bits per heavy atom. The van der Waals surface area contributed by atoms with Gasteiger partial charge in [-0.3, -0.25) is 10.2 Å². The summed E-state index contributed by atoms with van der Waals surface area (Å²) in [7, 11) is -3.10. The van der Waals surface area contributed by atoms with Crippen LogP contribution in [0.15, 0.2) is 29.4 Å². The van der Waals surface area contributed by atoms with E-state index in [0.29, 0.717) is 24.5 Å². The molecular weight excluding hydrogens is 332 g/mol. The molecule has 2 N–H and O–H groups in total. The third-order valence-corrected chi connectivity index (χ3v) is 5.12. The highest BCUT2D eigenvalue weighted by Crippen LogP contribution is 2.15. The van der Waals surface area contributed by atoms with Crippen LogP contribution in [-0.2, 0) is 14.6 Å². The van der Waals surface area contributed by atoms with Gasteiger partial charge in [0, 0.05) is 6.04 Å². The zero-order valence-electron chi connectivity index (χ0n) is 13.2. The molecule has 0 aromatic heterocycles. The maximum Gasteiger partial charge on any atom is 0.282 e. The molecule has 1 aliphatic rings. The van der Waals surface area contributed by atoms with E-state index in [0.717, 1.165) is 0 Å². The number of carbonyl (C=O) groups excluding carboxylic acids is 1. The number of carbonyl (C=O) groups is 1. The maximum atomic E-state index is 12.0. The lowest BCUT2D eigenvalue weighted by molar-refractivity contribution is -0.115. The average molecular weight is 350 g/mol. The van der Waals surface area contributed by atoms with Crippen LogP contribution in [0, 0.1) is 11.3 Å². The lowest BCUT2D eigenvalue weighted by Gasteiger charge is -2.09. The third-order valence-electron chi connectivity index (χ3n) is 3.35. The van der Waals surface area contributed by atoms with Crippen molar-refractivity contribution < 1.29 is 17.9 Å². The summed E-state index contributed by atoms with van der Waals surface area (Å²) >= 11 is 0. The molecule has 8 nitrogen and oxygen atoms in total. The molecule has 0 aliphatic carbocycles. The third kappa shape index (κ3) is 4.96. The Bertz CT molecular complexity index is 766. The molecule has 0 saturated carbocycles. The second-order valence-corrected chi connectivity index (χ2v) is 7.44. The lowest BCUT2D eigenvalue weighted by Crippen LogP contribution is -2.39. The normalized spacial score (nSPS) is 19.3. The van der Waals surface area contributed by atoms with Crippen molar-refractivity contribution in [3.63, 3.8) is 0 Å². The van der Waals surface area contributed by atoms with Gasteiger partial charge in [-0.15, -0.1) is 0 Å². The second kappa shape index (κ2) is 7.79. The number of sulfone groups is 1. The first-order valence-electron chi connectivity index (χ1n) is 7.41. The Hall–Kier alpha value is -2.60. The molecule has 2 rings (SSSR count). The molecule has 1 fully saturated rings. The summed E-state index contributed by atoms with van der Waals surface area (Å²) in [5, 5.41) is 15.3. The minimum atomic E-state index is -3.10. The Morgan fingerprint density at radius 1 is 1.42 bits per heavy atom. The van der Waals surface area contributed by atoms with E-state index >= 15 is 0 Å². The molecular formula is C15H18N4O4S. The minimum Gasteiger partial charge on any atom is -0.494 e. The first-order chi connectivity index (χ1) is 11.4. The number of ether oxygens (including phenoxy) is 1. The monoisotopic (exact) mass is 350 g/mol. The van der Waals surface area contributed by atoms with Crippen molar-refractivity contribution in [2.24, 2.45) is 5.10 Å². The second-order valence-electron chi connectivity index (χ2n) is 5.21. The number of hydrogen-bond donors (Lipinski definition) is 2. The van der Waals surface area contributed by atoms with Crippen molar-refractivity contribution in [3.05, 3.63) is 24.3 Å². The van der Waals surface area contributed by atoms with Crippen LogP contribution in [0.25, 0.3) is 0 Å². The van der Waals surface area contributed by atoms with Crippen LogP contribution in [0.3, 0.4) is 0 Å². The van der Waals surface area contributed by atoms with Crippen molar-refractivity contribution in [1.29, 1.82) is 5.26 Å². The predicted octanol–water partition coefficient (Wildman–Crippen LogP) is 0.680. The molecule has 1 aromatic carbocycles. The van der Waals surface area contributed by atoms with Gasteiger partial charge >= 0.3 is 0 Å². The quantitative estimate of drug-likeness (QED) is 0.575. The number of nitriles is 1. The summed E-state index contributed by atoms with van der Waals surface area (Å²) in [6, 6.07) is 8.08. The van der Waals surface area contributed by atoms with Gasteiger partial charge in [0.15, 0.2) is 9.84 Å².